The van der Waals surface area contributed by atoms with E-state index in [2.05, 4.69) is 5.32 Å². The lowest BCUT2D eigenvalue weighted by Crippen LogP contribution is -2.38. The lowest BCUT2D eigenvalue weighted by atomic mass is 10.0. The van der Waals surface area contributed by atoms with Gasteiger partial charge in [-0.2, -0.15) is 0 Å². The van der Waals surface area contributed by atoms with Gasteiger partial charge in [-0.1, -0.05) is 42.1 Å². The molecule has 1 fully saturated rings. The summed E-state index contributed by atoms with van der Waals surface area (Å²) in [5.41, 5.74) is 0.808. The Hall–Kier alpha value is -0.280. The molecule has 2 N–H and O–H groups in total. The highest BCUT2D eigenvalue weighted by molar-refractivity contribution is 6.42. The molecule has 2 unspecified atom stereocenters. The zero-order valence-corrected chi connectivity index (χ0v) is 12.0. The largest absolute Gasteiger partial charge is 0.387 e. The van der Waals surface area contributed by atoms with E-state index in [0.717, 1.165) is 5.56 Å². The van der Waals surface area contributed by atoms with Crippen LogP contribution in [0.15, 0.2) is 18.2 Å². The van der Waals surface area contributed by atoms with Crippen molar-refractivity contribution < 1.29 is 5.11 Å². The molecule has 0 aliphatic heterocycles. The molecule has 0 radical (unpaired) electrons. The molecular weight excluding hydrogens is 269 g/mol. The Labute approximate surface area is 118 Å². The molecule has 0 bridgehead atoms. The summed E-state index contributed by atoms with van der Waals surface area (Å²) in [5.74, 6) is 0. The Morgan fingerprint density at radius 1 is 1.22 bits per heavy atom. The van der Waals surface area contributed by atoms with E-state index >= 15 is 0 Å². The van der Waals surface area contributed by atoms with E-state index in [9.17, 15) is 5.11 Å². The van der Waals surface area contributed by atoms with Crippen molar-refractivity contribution in [3.8, 4) is 0 Å². The summed E-state index contributed by atoms with van der Waals surface area (Å²) in [5, 5.41) is 14.8. The second kappa shape index (κ2) is 6.25. The van der Waals surface area contributed by atoms with Crippen molar-refractivity contribution in [2.45, 2.75) is 50.8 Å². The average Bonchev–Trinajstić information content (AvgIpc) is 2.84. The van der Waals surface area contributed by atoms with Gasteiger partial charge in [0.15, 0.2) is 0 Å². The fourth-order valence-corrected chi connectivity index (χ4v) is 2.85. The highest BCUT2D eigenvalue weighted by Crippen LogP contribution is 2.27. The van der Waals surface area contributed by atoms with Crippen LogP contribution in [0.3, 0.4) is 0 Å². The van der Waals surface area contributed by atoms with E-state index < -0.39 is 6.10 Å². The van der Waals surface area contributed by atoms with Gasteiger partial charge in [-0.05, 0) is 37.5 Å². The Morgan fingerprint density at radius 2 is 1.89 bits per heavy atom. The molecule has 2 rings (SSSR count). The molecule has 0 saturated heterocycles. The number of hydrogen-bond donors (Lipinski definition) is 2. The van der Waals surface area contributed by atoms with Gasteiger partial charge in [-0.25, -0.2) is 0 Å². The summed E-state index contributed by atoms with van der Waals surface area (Å²) in [6.07, 6.45) is 4.43. The number of rotatable bonds is 4. The quantitative estimate of drug-likeness (QED) is 0.879. The van der Waals surface area contributed by atoms with Crippen LogP contribution < -0.4 is 5.32 Å². The third-order valence-corrected chi connectivity index (χ3v) is 4.35. The molecule has 1 saturated carbocycles. The molecule has 0 heterocycles. The molecule has 0 aromatic heterocycles. The normalized spacial score (nSPS) is 20.0. The molecule has 0 amide bonds. The Kier molecular flexibility index (Phi) is 4.91. The highest BCUT2D eigenvalue weighted by Gasteiger charge is 2.22. The Bertz CT molecular complexity index is 405. The maximum Gasteiger partial charge on any atom is 0.0940 e. The second-order valence-corrected chi connectivity index (χ2v) is 5.87. The summed E-state index contributed by atoms with van der Waals surface area (Å²) in [4.78, 5) is 0. The second-order valence-electron chi connectivity index (χ2n) is 5.06. The van der Waals surface area contributed by atoms with Crippen molar-refractivity contribution in [1.82, 2.24) is 5.32 Å². The summed E-state index contributed by atoms with van der Waals surface area (Å²) in [6, 6.07) is 5.85. The number of aliphatic hydroxyl groups is 1. The van der Waals surface area contributed by atoms with Gasteiger partial charge in [0, 0.05) is 12.1 Å². The van der Waals surface area contributed by atoms with Crippen LogP contribution in [0, 0.1) is 0 Å². The molecule has 4 heteroatoms. The molecule has 18 heavy (non-hydrogen) atoms. The highest BCUT2D eigenvalue weighted by atomic mass is 35.5. The molecule has 2 nitrogen and oxygen atoms in total. The van der Waals surface area contributed by atoms with Crippen molar-refractivity contribution in [3.05, 3.63) is 33.8 Å². The average molecular weight is 288 g/mol. The third-order valence-electron chi connectivity index (χ3n) is 3.61. The SMILES string of the molecule is CC(NC1CCCC1)C(O)c1ccc(Cl)c(Cl)c1. The zero-order valence-electron chi connectivity index (χ0n) is 10.5. The molecule has 100 valence electrons. The van der Waals surface area contributed by atoms with Crippen LogP contribution >= 0.6 is 23.2 Å². The van der Waals surface area contributed by atoms with Crippen molar-refractivity contribution >= 4 is 23.2 Å². The van der Waals surface area contributed by atoms with Crippen molar-refractivity contribution in [1.29, 1.82) is 0 Å². The Balaban J connectivity index is 2.00. The lowest BCUT2D eigenvalue weighted by molar-refractivity contribution is 0.129. The first-order valence-corrected chi connectivity index (χ1v) is 7.22. The molecule has 2 atom stereocenters. The summed E-state index contributed by atoms with van der Waals surface area (Å²) < 4.78 is 0. The zero-order chi connectivity index (χ0) is 13.1. The maximum atomic E-state index is 10.3. The van der Waals surface area contributed by atoms with Crippen molar-refractivity contribution in [2.24, 2.45) is 0 Å². The predicted molar refractivity (Wildman–Crippen MR) is 76.3 cm³/mol. The van der Waals surface area contributed by atoms with Gasteiger partial charge in [-0.15, -0.1) is 0 Å². The van der Waals surface area contributed by atoms with Gasteiger partial charge in [0.2, 0.25) is 0 Å². The number of hydrogen-bond acceptors (Lipinski definition) is 2. The molecular formula is C14H19Cl2NO. The van der Waals surface area contributed by atoms with Gasteiger partial charge in [0.05, 0.1) is 16.1 Å². The molecule has 1 aromatic rings. The van der Waals surface area contributed by atoms with Crippen LogP contribution in [-0.4, -0.2) is 17.2 Å². The number of aliphatic hydroxyl groups excluding tert-OH is 1. The van der Waals surface area contributed by atoms with Crippen LogP contribution in [0.25, 0.3) is 0 Å². The first kappa shape index (κ1) is 14.1. The molecule has 1 aromatic carbocycles. The first-order valence-electron chi connectivity index (χ1n) is 6.47. The van der Waals surface area contributed by atoms with Crippen molar-refractivity contribution in [2.75, 3.05) is 0 Å². The number of nitrogens with one attached hydrogen (secondary N) is 1. The van der Waals surface area contributed by atoms with E-state index in [4.69, 9.17) is 23.2 Å². The minimum absolute atomic E-state index is 0.0188. The smallest absolute Gasteiger partial charge is 0.0940 e. The van der Waals surface area contributed by atoms with Crippen molar-refractivity contribution in [3.63, 3.8) is 0 Å². The molecule has 1 aliphatic rings. The summed E-state index contributed by atoms with van der Waals surface area (Å²) >= 11 is 11.8. The fraction of sp³-hybridized carbons (Fsp3) is 0.571. The van der Waals surface area contributed by atoms with Gasteiger partial charge in [0.25, 0.3) is 0 Å². The van der Waals surface area contributed by atoms with Gasteiger partial charge in [0.1, 0.15) is 0 Å². The van der Waals surface area contributed by atoms with Crippen LogP contribution in [0.1, 0.15) is 44.3 Å². The van der Waals surface area contributed by atoms with E-state index in [1.807, 2.05) is 13.0 Å². The number of benzene rings is 1. The first-order chi connectivity index (χ1) is 8.58. The van der Waals surface area contributed by atoms with Gasteiger partial charge >= 0.3 is 0 Å². The topological polar surface area (TPSA) is 32.3 Å². The summed E-state index contributed by atoms with van der Waals surface area (Å²) in [6.45, 7) is 2.01. The van der Waals surface area contributed by atoms with Crippen LogP contribution in [-0.2, 0) is 0 Å². The van der Waals surface area contributed by atoms with Crippen LogP contribution in [0.5, 0.6) is 0 Å². The molecule has 1 aliphatic carbocycles. The van der Waals surface area contributed by atoms with Gasteiger partial charge in [-0.3, -0.25) is 0 Å². The summed E-state index contributed by atoms with van der Waals surface area (Å²) in [7, 11) is 0. The molecule has 0 spiro atoms. The third kappa shape index (κ3) is 3.39. The van der Waals surface area contributed by atoms with Crippen LogP contribution in [0.4, 0.5) is 0 Å². The minimum atomic E-state index is -0.555. The van der Waals surface area contributed by atoms with Crippen LogP contribution in [0.2, 0.25) is 10.0 Å². The van der Waals surface area contributed by atoms with Gasteiger partial charge < -0.3 is 10.4 Å². The maximum absolute atomic E-state index is 10.3. The monoisotopic (exact) mass is 287 g/mol. The van der Waals surface area contributed by atoms with E-state index in [1.165, 1.54) is 25.7 Å². The Morgan fingerprint density at radius 3 is 2.50 bits per heavy atom. The minimum Gasteiger partial charge on any atom is -0.387 e. The lowest BCUT2D eigenvalue weighted by Gasteiger charge is -2.24. The number of halogens is 2. The van der Waals surface area contributed by atoms with E-state index in [0.29, 0.717) is 16.1 Å². The van der Waals surface area contributed by atoms with E-state index in [1.54, 1.807) is 12.1 Å². The predicted octanol–water partition coefficient (Wildman–Crippen LogP) is 3.95. The standard InChI is InChI=1S/C14H19Cl2NO/c1-9(17-11-4-2-3-5-11)14(18)10-6-7-12(15)13(16)8-10/h6-9,11,14,17-18H,2-5H2,1H3. The fourth-order valence-electron chi connectivity index (χ4n) is 2.54. The van der Waals surface area contributed by atoms with E-state index in [-0.39, 0.29) is 6.04 Å².